The average molecular weight is 337 g/mol. The van der Waals surface area contributed by atoms with Gasteiger partial charge in [-0.1, -0.05) is 6.07 Å². The second-order valence-corrected chi connectivity index (χ2v) is 6.57. The third kappa shape index (κ3) is 3.07. The van der Waals surface area contributed by atoms with Crippen LogP contribution < -0.4 is 0 Å². The van der Waals surface area contributed by atoms with Gasteiger partial charge in [0.15, 0.2) is 0 Å². The predicted molar refractivity (Wildman–Crippen MR) is 84.4 cm³/mol. The molecule has 1 atom stereocenters. The second kappa shape index (κ2) is 6.25. The molecular weight excluding hydrogens is 321 g/mol. The van der Waals surface area contributed by atoms with Gasteiger partial charge in [-0.05, 0) is 30.0 Å². The lowest BCUT2D eigenvalue weighted by Gasteiger charge is -2.34. The number of carboxylic acids is 1. The van der Waals surface area contributed by atoms with Gasteiger partial charge in [-0.3, -0.25) is 9.59 Å². The highest BCUT2D eigenvalue weighted by molar-refractivity contribution is 7.21. The molecule has 1 aromatic heterocycles. The van der Waals surface area contributed by atoms with Crippen LogP contribution in [0.1, 0.15) is 21.7 Å². The number of fused-ring (bicyclic) bond motifs is 1. The third-order valence-corrected chi connectivity index (χ3v) is 5.24. The van der Waals surface area contributed by atoms with Crippen molar-refractivity contribution < 1.29 is 23.8 Å². The molecule has 122 valence electrons. The first kappa shape index (κ1) is 15.9. The van der Waals surface area contributed by atoms with Crippen LogP contribution in [-0.4, -0.2) is 47.7 Å². The molecule has 1 aromatic carbocycles. The van der Waals surface area contributed by atoms with E-state index in [9.17, 15) is 14.0 Å². The fourth-order valence-corrected chi connectivity index (χ4v) is 4.02. The van der Waals surface area contributed by atoms with Crippen LogP contribution in [0.5, 0.6) is 0 Å². The van der Waals surface area contributed by atoms with Crippen molar-refractivity contribution in [3.8, 4) is 0 Å². The highest BCUT2D eigenvalue weighted by Crippen LogP contribution is 2.33. The van der Waals surface area contributed by atoms with Gasteiger partial charge in [0, 0.05) is 11.2 Å². The number of rotatable bonds is 3. The van der Waals surface area contributed by atoms with E-state index in [1.807, 2.05) is 6.92 Å². The Balaban J connectivity index is 1.95. The Kier molecular flexibility index (Phi) is 4.32. The molecule has 2 aromatic rings. The molecule has 0 aliphatic carbocycles. The van der Waals surface area contributed by atoms with Gasteiger partial charge in [-0.15, -0.1) is 11.3 Å². The number of carboxylic acid groups (broad SMARTS) is 1. The lowest BCUT2D eigenvalue weighted by atomic mass is 10.1. The first-order chi connectivity index (χ1) is 11.0. The van der Waals surface area contributed by atoms with Crippen LogP contribution >= 0.6 is 11.3 Å². The number of morpholine rings is 1. The van der Waals surface area contributed by atoms with Crippen LogP contribution in [0.25, 0.3) is 10.1 Å². The molecule has 2 heterocycles. The highest BCUT2D eigenvalue weighted by atomic mass is 32.1. The molecule has 1 aliphatic heterocycles. The number of carbonyl (C=O) groups is 2. The summed E-state index contributed by atoms with van der Waals surface area (Å²) in [6.07, 6.45) is -0.149. The fourth-order valence-electron chi connectivity index (χ4n) is 2.83. The molecular formula is C16H16FNO4S. The minimum Gasteiger partial charge on any atom is -0.481 e. The number of benzene rings is 1. The Bertz CT molecular complexity index is 773. The van der Waals surface area contributed by atoms with E-state index in [0.29, 0.717) is 22.7 Å². The summed E-state index contributed by atoms with van der Waals surface area (Å²) in [5.41, 5.74) is 0.801. The molecule has 0 bridgehead atoms. The zero-order valence-corrected chi connectivity index (χ0v) is 13.4. The van der Waals surface area contributed by atoms with Crippen molar-refractivity contribution in [2.24, 2.45) is 0 Å². The maximum Gasteiger partial charge on any atom is 0.305 e. The first-order valence-corrected chi connectivity index (χ1v) is 8.08. The van der Waals surface area contributed by atoms with Crippen LogP contribution in [0.3, 0.4) is 0 Å². The van der Waals surface area contributed by atoms with Crippen LogP contribution in [0.2, 0.25) is 0 Å². The number of hydrogen-bond donors (Lipinski definition) is 1. The monoisotopic (exact) mass is 337 g/mol. The van der Waals surface area contributed by atoms with Crippen molar-refractivity contribution in [2.45, 2.75) is 19.4 Å². The fraction of sp³-hybridized carbons (Fsp3) is 0.375. The van der Waals surface area contributed by atoms with E-state index >= 15 is 0 Å². The Hall–Kier alpha value is -1.99. The molecule has 0 radical (unpaired) electrons. The topological polar surface area (TPSA) is 66.8 Å². The van der Waals surface area contributed by atoms with E-state index in [1.165, 1.54) is 23.5 Å². The number of nitrogens with zero attached hydrogens (tertiary/aromatic N) is 1. The molecule has 1 fully saturated rings. The molecule has 0 saturated carbocycles. The number of thiophene rings is 1. The molecule has 7 heteroatoms. The van der Waals surface area contributed by atoms with Crippen LogP contribution in [0, 0.1) is 12.7 Å². The van der Waals surface area contributed by atoms with Crippen molar-refractivity contribution in [3.63, 3.8) is 0 Å². The van der Waals surface area contributed by atoms with E-state index in [0.717, 1.165) is 10.9 Å². The number of halogens is 1. The number of aryl methyl sites for hydroxylation is 1. The summed E-state index contributed by atoms with van der Waals surface area (Å²) in [6.45, 7) is 2.80. The Morgan fingerprint density at radius 3 is 3.00 bits per heavy atom. The summed E-state index contributed by atoms with van der Waals surface area (Å²) < 4.78 is 19.4. The van der Waals surface area contributed by atoms with Crippen LogP contribution in [0.15, 0.2) is 18.2 Å². The quantitative estimate of drug-likeness (QED) is 0.935. The first-order valence-electron chi connectivity index (χ1n) is 7.26. The zero-order valence-electron chi connectivity index (χ0n) is 12.5. The van der Waals surface area contributed by atoms with Gasteiger partial charge in [0.2, 0.25) is 0 Å². The number of hydrogen-bond acceptors (Lipinski definition) is 4. The maximum atomic E-state index is 13.4. The lowest BCUT2D eigenvalue weighted by Crippen LogP contribution is -2.49. The lowest BCUT2D eigenvalue weighted by molar-refractivity contribution is -0.139. The summed E-state index contributed by atoms with van der Waals surface area (Å²) in [6, 6.07) is 3.98. The van der Waals surface area contributed by atoms with Gasteiger partial charge in [0.1, 0.15) is 5.82 Å². The smallest absolute Gasteiger partial charge is 0.305 e. The van der Waals surface area contributed by atoms with E-state index in [2.05, 4.69) is 0 Å². The van der Waals surface area contributed by atoms with E-state index in [4.69, 9.17) is 9.84 Å². The van der Waals surface area contributed by atoms with Gasteiger partial charge in [0.25, 0.3) is 5.91 Å². The van der Waals surface area contributed by atoms with E-state index < -0.39 is 12.0 Å². The highest BCUT2D eigenvalue weighted by Gasteiger charge is 2.31. The number of ether oxygens (including phenoxy) is 1. The number of amides is 1. The van der Waals surface area contributed by atoms with Crippen LogP contribution in [-0.2, 0) is 9.53 Å². The second-order valence-electron chi connectivity index (χ2n) is 5.52. The molecule has 5 nitrogen and oxygen atoms in total. The van der Waals surface area contributed by atoms with Gasteiger partial charge in [-0.25, -0.2) is 4.39 Å². The summed E-state index contributed by atoms with van der Waals surface area (Å²) in [7, 11) is 0. The molecule has 1 saturated heterocycles. The molecule has 1 amide bonds. The summed E-state index contributed by atoms with van der Waals surface area (Å²) in [5, 5.41) is 9.85. The maximum absolute atomic E-state index is 13.4. The Labute approximate surface area is 136 Å². The van der Waals surface area contributed by atoms with Gasteiger partial charge >= 0.3 is 5.97 Å². The summed E-state index contributed by atoms with van der Waals surface area (Å²) >= 11 is 1.24. The third-order valence-electron chi connectivity index (χ3n) is 3.99. The SMILES string of the molecule is Cc1c(C(=O)N2CCOCC2CC(=O)O)sc2cc(F)ccc12. The van der Waals surface area contributed by atoms with E-state index in [1.54, 1.807) is 11.0 Å². The van der Waals surface area contributed by atoms with Crippen molar-refractivity contribution >= 4 is 33.3 Å². The normalized spacial score (nSPS) is 18.3. The van der Waals surface area contributed by atoms with Crippen molar-refractivity contribution in [3.05, 3.63) is 34.5 Å². The summed E-state index contributed by atoms with van der Waals surface area (Å²) in [5.74, 6) is -1.51. The predicted octanol–water partition coefficient (Wildman–Crippen LogP) is 2.66. The molecule has 1 unspecified atom stereocenters. The molecule has 23 heavy (non-hydrogen) atoms. The number of aliphatic carboxylic acids is 1. The average Bonchev–Trinajstić information content (AvgIpc) is 2.83. The van der Waals surface area contributed by atoms with E-state index in [-0.39, 0.29) is 24.8 Å². The molecule has 0 spiro atoms. The van der Waals surface area contributed by atoms with Gasteiger partial charge in [-0.2, -0.15) is 0 Å². The Morgan fingerprint density at radius 2 is 2.26 bits per heavy atom. The largest absolute Gasteiger partial charge is 0.481 e. The minimum atomic E-state index is -0.964. The molecule has 1 N–H and O–H groups in total. The van der Waals surface area contributed by atoms with Crippen molar-refractivity contribution in [1.29, 1.82) is 0 Å². The minimum absolute atomic E-state index is 0.149. The number of carbonyl (C=O) groups excluding carboxylic acids is 1. The van der Waals surface area contributed by atoms with Gasteiger partial charge in [0.05, 0.1) is 30.6 Å². The van der Waals surface area contributed by atoms with Gasteiger partial charge < -0.3 is 14.7 Å². The molecule has 1 aliphatic rings. The Morgan fingerprint density at radius 1 is 1.48 bits per heavy atom. The standard InChI is InChI=1S/C16H16FNO4S/c1-9-12-3-2-10(17)6-13(12)23-15(9)16(21)18-4-5-22-8-11(18)7-14(19)20/h2-3,6,11H,4-5,7-8H2,1H3,(H,19,20). The summed E-state index contributed by atoms with van der Waals surface area (Å²) in [4.78, 5) is 25.9. The molecule has 3 rings (SSSR count). The van der Waals surface area contributed by atoms with Crippen molar-refractivity contribution in [1.82, 2.24) is 4.90 Å². The van der Waals surface area contributed by atoms with Crippen molar-refractivity contribution in [2.75, 3.05) is 19.8 Å². The zero-order chi connectivity index (χ0) is 16.6. The van der Waals surface area contributed by atoms with Crippen LogP contribution in [0.4, 0.5) is 4.39 Å².